The van der Waals surface area contributed by atoms with E-state index >= 15 is 0 Å². The molecular formula is C20H23N3O6S. The molecule has 2 heterocycles. The highest BCUT2D eigenvalue weighted by atomic mass is 32.2. The fourth-order valence-corrected chi connectivity index (χ4v) is 4.61. The van der Waals surface area contributed by atoms with Gasteiger partial charge in [0.1, 0.15) is 0 Å². The largest absolute Gasteiger partial charge is 0.459 e. The maximum atomic E-state index is 13.2. The second kappa shape index (κ2) is 8.70. The molecule has 0 radical (unpaired) electrons. The lowest BCUT2D eigenvalue weighted by molar-refractivity contribution is -0.138. The Morgan fingerprint density at radius 1 is 1.00 bits per heavy atom. The summed E-state index contributed by atoms with van der Waals surface area (Å²) in [6.07, 6.45) is 1.28. The minimum atomic E-state index is -4.23. The number of nitrogens with one attached hydrogen (secondary N) is 1. The summed E-state index contributed by atoms with van der Waals surface area (Å²) in [5, 5.41) is 0.494. The van der Waals surface area contributed by atoms with Crippen molar-refractivity contribution < 1.29 is 27.2 Å². The van der Waals surface area contributed by atoms with Crippen molar-refractivity contribution in [2.75, 3.05) is 26.2 Å². The maximum absolute atomic E-state index is 13.2. The molecule has 3 amide bonds. The van der Waals surface area contributed by atoms with Crippen molar-refractivity contribution in [3.63, 3.8) is 0 Å². The normalized spacial score (nSPS) is 15.5. The Kier molecular flexibility index (Phi) is 6.25. The van der Waals surface area contributed by atoms with Crippen molar-refractivity contribution in [3.8, 4) is 0 Å². The maximum Gasteiger partial charge on any atom is 0.288 e. The molecule has 160 valence electrons. The summed E-state index contributed by atoms with van der Waals surface area (Å²) in [7, 11) is -4.23. The minimum Gasteiger partial charge on any atom is -0.459 e. The van der Waals surface area contributed by atoms with E-state index in [0.717, 1.165) is 5.56 Å². The first-order chi connectivity index (χ1) is 14.2. The van der Waals surface area contributed by atoms with Crippen LogP contribution in [0.1, 0.15) is 23.0 Å². The number of furan rings is 1. The number of rotatable bonds is 5. The van der Waals surface area contributed by atoms with Gasteiger partial charge in [0.25, 0.3) is 11.8 Å². The zero-order valence-electron chi connectivity index (χ0n) is 16.7. The van der Waals surface area contributed by atoms with E-state index in [2.05, 4.69) is 5.32 Å². The lowest BCUT2D eigenvalue weighted by atomic mass is 10.2. The zero-order chi connectivity index (χ0) is 21.9. The van der Waals surface area contributed by atoms with E-state index in [0.29, 0.717) is 13.1 Å². The number of nitrogens with zero attached hydrogens (tertiary/aromatic N) is 2. The Morgan fingerprint density at radius 2 is 1.60 bits per heavy atom. The van der Waals surface area contributed by atoms with Crippen LogP contribution in [0.15, 0.2) is 52.0 Å². The Balaban J connectivity index is 1.89. The third-order valence-corrected chi connectivity index (χ3v) is 6.80. The van der Waals surface area contributed by atoms with E-state index < -0.39 is 27.0 Å². The molecule has 3 rings (SSSR count). The van der Waals surface area contributed by atoms with Crippen molar-refractivity contribution in [2.24, 2.45) is 0 Å². The van der Waals surface area contributed by atoms with Crippen LogP contribution in [-0.2, 0) is 19.4 Å². The van der Waals surface area contributed by atoms with Crippen LogP contribution in [0.2, 0.25) is 0 Å². The van der Waals surface area contributed by atoms with Gasteiger partial charge in [-0.2, -0.15) is 0 Å². The lowest BCUT2D eigenvalue weighted by Crippen LogP contribution is -2.57. The molecule has 1 aromatic carbocycles. The quantitative estimate of drug-likeness (QED) is 0.746. The van der Waals surface area contributed by atoms with Crippen molar-refractivity contribution in [2.45, 2.75) is 24.1 Å². The van der Waals surface area contributed by atoms with Crippen molar-refractivity contribution in [3.05, 3.63) is 54.0 Å². The molecule has 1 unspecified atom stereocenters. The number of carbonyl (C=O) groups is 3. The molecule has 0 bridgehead atoms. The Hall–Kier alpha value is -3.14. The molecule has 1 aromatic heterocycles. The van der Waals surface area contributed by atoms with Gasteiger partial charge in [0.2, 0.25) is 21.1 Å². The predicted octanol–water partition coefficient (Wildman–Crippen LogP) is 0.809. The van der Waals surface area contributed by atoms with E-state index in [-0.39, 0.29) is 29.7 Å². The number of hydrogen-bond acceptors (Lipinski definition) is 6. The Labute approximate surface area is 174 Å². The van der Waals surface area contributed by atoms with Gasteiger partial charge in [-0.15, -0.1) is 0 Å². The number of amides is 3. The Bertz CT molecular complexity index is 1020. The van der Waals surface area contributed by atoms with Gasteiger partial charge in [-0.3, -0.25) is 14.4 Å². The van der Waals surface area contributed by atoms with Crippen molar-refractivity contribution >= 4 is 27.6 Å². The van der Waals surface area contributed by atoms with Gasteiger partial charge < -0.3 is 19.5 Å². The minimum absolute atomic E-state index is 0.0754. The van der Waals surface area contributed by atoms with Crippen LogP contribution < -0.4 is 5.32 Å². The fourth-order valence-electron chi connectivity index (χ4n) is 3.14. The van der Waals surface area contributed by atoms with Crippen LogP contribution in [-0.4, -0.2) is 67.5 Å². The van der Waals surface area contributed by atoms with E-state index in [1.54, 1.807) is 17.0 Å². The molecule has 10 heteroatoms. The number of benzene rings is 1. The van der Waals surface area contributed by atoms with Crippen LogP contribution in [0.4, 0.5) is 0 Å². The molecule has 1 aliphatic heterocycles. The first-order valence-corrected chi connectivity index (χ1v) is 10.9. The summed E-state index contributed by atoms with van der Waals surface area (Å²) < 4.78 is 31.5. The molecular weight excluding hydrogens is 410 g/mol. The van der Waals surface area contributed by atoms with Crippen molar-refractivity contribution in [1.29, 1.82) is 0 Å². The van der Waals surface area contributed by atoms with Gasteiger partial charge in [-0.1, -0.05) is 17.7 Å². The third-order valence-electron chi connectivity index (χ3n) is 4.93. The van der Waals surface area contributed by atoms with Gasteiger partial charge in [-0.05, 0) is 31.2 Å². The zero-order valence-corrected chi connectivity index (χ0v) is 17.5. The summed E-state index contributed by atoms with van der Waals surface area (Å²) in [6.45, 7) is 4.19. The van der Waals surface area contributed by atoms with Gasteiger partial charge in [0, 0.05) is 33.1 Å². The van der Waals surface area contributed by atoms with Crippen LogP contribution in [0.3, 0.4) is 0 Å². The summed E-state index contributed by atoms with van der Waals surface area (Å²) in [4.78, 5) is 40.0. The molecule has 0 saturated carbocycles. The molecule has 1 saturated heterocycles. The summed E-state index contributed by atoms with van der Waals surface area (Å²) >= 11 is 0. The van der Waals surface area contributed by atoms with Crippen molar-refractivity contribution in [1.82, 2.24) is 15.1 Å². The van der Waals surface area contributed by atoms with Gasteiger partial charge in [0.15, 0.2) is 5.76 Å². The van der Waals surface area contributed by atoms with Gasteiger partial charge in [0.05, 0.1) is 11.2 Å². The topological polar surface area (TPSA) is 117 Å². The van der Waals surface area contributed by atoms with Crippen LogP contribution >= 0.6 is 0 Å². The summed E-state index contributed by atoms with van der Waals surface area (Å²) in [5.41, 5.74) is 0.858. The molecule has 30 heavy (non-hydrogen) atoms. The van der Waals surface area contributed by atoms with Crippen LogP contribution in [0.25, 0.3) is 0 Å². The van der Waals surface area contributed by atoms with Gasteiger partial charge >= 0.3 is 0 Å². The van der Waals surface area contributed by atoms with Gasteiger partial charge in [-0.25, -0.2) is 8.42 Å². The second-order valence-corrected chi connectivity index (χ2v) is 9.05. The SMILES string of the molecule is CC(=O)N1CCN(C(=O)C(NC(=O)c2ccco2)S(=O)(=O)c2ccc(C)cc2)CC1. The number of sulfone groups is 1. The summed E-state index contributed by atoms with van der Waals surface area (Å²) in [6, 6.07) is 8.90. The molecule has 9 nitrogen and oxygen atoms in total. The molecule has 0 spiro atoms. The smallest absolute Gasteiger partial charge is 0.288 e. The molecule has 1 N–H and O–H groups in total. The molecule has 1 fully saturated rings. The third kappa shape index (κ3) is 4.54. The number of hydrogen-bond donors (Lipinski definition) is 1. The van der Waals surface area contributed by atoms with Crippen LogP contribution in [0, 0.1) is 6.92 Å². The molecule has 2 aromatic rings. The molecule has 1 aliphatic rings. The predicted molar refractivity (Wildman–Crippen MR) is 107 cm³/mol. The standard InChI is InChI=1S/C20H23N3O6S/c1-14-5-7-16(8-6-14)30(27,28)19(21-18(25)17-4-3-13-29-17)20(26)23-11-9-22(10-12-23)15(2)24/h3-8,13,19H,9-12H2,1-2H3,(H,21,25). The van der Waals surface area contributed by atoms with E-state index in [1.807, 2.05) is 6.92 Å². The fraction of sp³-hybridized carbons (Fsp3) is 0.350. The van der Waals surface area contributed by atoms with E-state index in [4.69, 9.17) is 4.42 Å². The average molecular weight is 433 g/mol. The molecule has 0 aliphatic carbocycles. The Morgan fingerprint density at radius 3 is 2.13 bits per heavy atom. The number of piperazine rings is 1. The van der Waals surface area contributed by atoms with Crippen LogP contribution in [0.5, 0.6) is 0 Å². The number of aryl methyl sites for hydroxylation is 1. The lowest BCUT2D eigenvalue weighted by Gasteiger charge is -2.35. The molecule has 1 atom stereocenters. The highest BCUT2D eigenvalue weighted by Crippen LogP contribution is 2.19. The monoisotopic (exact) mass is 433 g/mol. The first kappa shape index (κ1) is 21.6. The highest BCUT2D eigenvalue weighted by molar-refractivity contribution is 7.92. The van der Waals surface area contributed by atoms with E-state index in [9.17, 15) is 22.8 Å². The summed E-state index contributed by atoms with van der Waals surface area (Å²) in [5.74, 6) is -1.78. The number of carbonyl (C=O) groups excluding carboxylic acids is 3. The second-order valence-electron chi connectivity index (χ2n) is 7.02. The highest BCUT2D eigenvalue weighted by Gasteiger charge is 2.39. The average Bonchev–Trinajstić information content (AvgIpc) is 3.26. The first-order valence-electron chi connectivity index (χ1n) is 9.39. The van der Waals surface area contributed by atoms with E-state index in [1.165, 1.54) is 42.4 Å².